The maximum absolute atomic E-state index is 13.0. The van der Waals surface area contributed by atoms with Gasteiger partial charge in [0.25, 0.3) is 11.8 Å². The van der Waals surface area contributed by atoms with E-state index in [2.05, 4.69) is 20.3 Å². The first-order valence-corrected chi connectivity index (χ1v) is 12.3. The normalized spacial score (nSPS) is 21.4. The maximum Gasteiger partial charge on any atom is 0.263 e. The van der Waals surface area contributed by atoms with Crippen molar-refractivity contribution in [3.05, 3.63) is 58.8 Å². The third kappa shape index (κ3) is 5.67. The van der Waals surface area contributed by atoms with Crippen molar-refractivity contribution in [2.75, 3.05) is 24.6 Å². The molecule has 1 aliphatic heterocycles. The third-order valence-corrected chi connectivity index (χ3v) is 6.91. The van der Waals surface area contributed by atoms with E-state index < -0.39 is 11.8 Å². The lowest BCUT2D eigenvalue weighted by Crippen LogP contribution is -2.26. The number of amides is 1. The van der Waals surface area contributed by atoms with Gasteiger partial charge in [-0.3, -0.25) is 9.78 Å². The summed E-state index contributed by atoms with van der Waals surface area (Å²) in [7, 11) is 0. The van der Waals surface area contributed by atoms with Gasteiger partial charge >= 0.3 is 0 Å². The molecule has 1 saturated carbocycles. The van der Waals surface area contributed by atoms with Crippen molar-refractivity contribution < 1.29 is 23.0 Å². The highest BCUT2D eigenvalue weighted by molar-refractivity contribution is 7.11. The van der Waals surface area contributed by atoms with Crippen LogP contribution in [0.15, 0.2) is 48.4 Å². The van der Waals surface area contributed by atoms with Crippen LogP contribution in [0.2, 0.25) is 0 Å². The molecule has 1 saturated heterocycles. The van der Waals surface area contributed by atoms with E-state index in [9.17, 15) is 13.6 Å². The van der Waals surface area contributed by atoms with Crippen molar-refractivity contribution in [1.29, 1.82) is 0 Å². The molecule has 8 nitrogen and oxygen atoms in total. The molecule has 0 spiro atoms. The Morgan fingerprint density at radius 1 is 1.23 bits per heavy atom. The van der Waals surface area contributed by atoms with Crippen LogP contribution in [0.4, 0.5) is 14.7 Å². The molecule has 11 heteroatoms. The Morgan fingerprint density at radius 2 is 1.97 bits per heavy atom. The molecule has 1 aliphatic carbocycles. The van der Waals surface area contributed by atoms with Crippen molar-refractivity contribution in [2.24, 2.45) is 5.92 Å². The number of thiazole rings is 1. The minimum absolute atomic E-state index is 0.0130. The molecular weight excluding hydrogens is 476 g/mol. The molecule has 2 aromatic heterocycles. The average molecular weight is 502 g/mol. The van der Waals surface area contributed by atoms with E-state index in [1.165, 1.54) is 23.7 Å². The minimum atomic E-state index is -2.60. The maximum atomic E-state index is 13.0. The number of aromatic nitrogens is 3. The molecular formula is C24H25F2N5O3S. The van der Waals surface area contributed by atoms with Gasteiger partial charge in [-0.15, -0.1) is 11.3 Å². The fraction of sp³-hybridized carbons (Fsp3) is 0.417. The SMILES string of the molecule is C[C@H](NC(=O)c1cncs1)c1ccc(O[C@@H]2CCN(c3ncc(OCC4CC4(F)F)cn3)C2)cc1. The second kappa shape index (κ2) is 9.73. The second-order valence-corrected chi connectivity index (χ2v) is 9.68. The summed E-state index contributed by atoms with van der Waals surface area (Å²) in [6.07, 6.45) is 5.28. The number of carbonyl (C=O) groups excluding carboxylic acids is 1. The van der Waals surface area contributed by atoms with E-state index in [0.717, 1.165) is 24.3 Å². The highest BCUT2D eigenvalue weighted by Gasteiger charge is 2.57. The summed E-state index contributed by atoms with van der Waals surface area (Å²) in [4.78, 5) is 27.4. The molecule has 1 amide bonds. The van der Waals surface area contributed by atoms with E-state index in [1.807, 2.05) is 36.1 Å². The Labute approximate surface area is 205 Å². The smallest absolute Gasteiger partial charge is 0.263 e. The molecule has 0 bridgehead atoms. The first-order valence-electron chi connectivity index (χ1n) is 11.4. The van der Waals surface area contributed by atoms with Crippen molar-refractivity contribution >= 4 is 23.2 Å². The fourth-order valence-electron chi connectivity index (χ4n) is 3.91. The minimum Gasteiger partial charge on any atom is -0.490 e. The van der Waals surface area contributed by atoms with Crippen LogP contribution < -0.4 is 19.7 Å². The standard InChI is InChI=1S/C24H25F2N5O3S/c1-15(30-22(32)21-11-27-14-35-21)16-2-4-18(5-3-16)34-19-6-7-31(12-19)23-28-9-20(10-29-23)33-13-17-8-24(17,25)26/h2-5,9-11,14-15,17,19H,6-8,12-13H2,1H3,(H,30,32)/t15-,17?,19+/m0/s1. The van der Waals surface area contributed by atoms with E-state index >= 15 is 0 Å². The first-order chi connectivity index (χ1) is 16.9. The second-order valence-electron chi connectivity index (χ2n) is 8.80. The molecule has 35 heavy (non-hydrogen) atoms. The van der Waals surface area contributed by atoms with Crippen molar-refractivity contribution in [3.63, 3.8) is 0 Å². The summed E-state index contributed by atoms with van der Waals surface area (Å²) in [5.74, 6) is -1.75. The van der Waals surface area contributed by atoms with Crippen molar-refractivity contribution in [2.45, 2.75) is 37.8 Å². The van der Waals surface area contributed by atoms with Gasteiger partial charge in [0.1, 0.15) is 16.7 Å². The van der Waals surface area contributed by atoms with Crippen LogP contribution in [0.3, 0.4) is 0 Å². The lowest BCUT2D eigenvalue weighted by molar-refractivity contribution is 0.0854. The number of rotatable bonds is 9. The Morgan fingerprint density at radius 3 is 2.63 bits per heavy atom. The number of benzene rings is 1. The van der Waals surface area contributed by atoms with Crippen LogP contribution in [0.1, 0.15) is 41.0 Å². The number of hydrogen-bond acceptors (Lipinski definition) is 8. The average Bonchev–Trinajstić information content (AvgIpc) is 3.29. The zero-order valence-corrected chi connectivity index (χ0v) is 19.9. The summed E-state index contributed by atoms with van der Waals surface area (Å²) < 4.78 is 37.4. The van der Waals surface area contributed by atoms with Crippen LogP contribution >= 0.6 is 11.3 Å². The van der Waals surface area contributed by atoms with Crippen LogP contribution in [0.5, 0.6) is 11.5 Å². The summed E-state index contributed by atoms with van der Waals surface area (Å²) in [6, 6.07) is 7.54. The summed E-state index contributed by atoms with van der Waals surface area (Å²) >= 11 is 1.31. The number of anilines is 1. The number of halogens is 2. The Bertz CT molecular complexity index is 1140. The van der Waals surface area contributed by atoms with E-state index in [1.54, 1.807) is 11.7 Å². The topological polar surface area (TPSA) is 89.5 Å². The predicted octanol–water partition coefficient (Wildman–Crippen LogP) is 4.12. The number of carbonyl (C=O) groups is 1. The summed E-state index contributed by atoms with van der Waals surface area (Å²) in [5.41, 5.74) is 2.61. The van der Waals surface area contributed by atoms with Gasteiger partial charge in [0, 0.05) is 19.4 Å². The van der Waals surface area contributed by atoms with Crippen LogP contribution in [0, 0.1) is 5.92 Å². The van der Waals surface area contributed by atoms with Gasteiger partial charge in [0.15, 0.2) is 5.75 Å². The van der Waals surface area contributed by atoms with Gasteiger partial charge < -0.3 is 19.7 Å². The molecule has 0 radical (unpaired) electrons. The third-order valence-electron chi connectivity index (χ3n) is 6.14. The highest BCUT2D eigenvalue weighted by atomic mass is 32.1. The van der Waals surface area contributed by atoms with Gasteiger partial charge in [-0.05, 0) is 24.6 Å². The molecule has 1 aromatic carbocycles. The molecule has 2 aliphatic rings. The quantitative estimate of drug-likeness (QED) is 0.472. The molecule has 5 rings (SSSR count). The van der Waals surface area contributed by atoms with E-state index in [0.29, 0.717) is 23.1 Å². The van der Waals surface area contributed by atoms with Crippen molar-refractivity contribution in [3.8, 4) is 11.5 Å². The Kier molecular flexibility index (Phi) is 6.50. The van der Waals surface area contributed by atoms with Gasteiger partial charge in [0.05, 0.1) is 49.2 Å². The van der Waals surface area contributed by atoms with E-state index in [4.69, 9.17) is 9.47 Å². The van der Waals surface area contributed by atoms with Crippen LogP contribution in [-0.4, -0.2) is 52.6 Å². The summed E-state index contributed by atoms with van der Waals surface area (Å²) in [5, 5.41) is 2.97. The zero-order valence-electron chi connectivity index (χ0n) is 19.1. The first kappa shape index (κ1) is 23.4. The molecule has 2 fully saturated rings. The lowest BCUT2D eigenvalue weighted by atomic mass is 10.1. The highest BCUT2D eigenvalue weighted by Crippen LogP contribution is 2.48. The van der Waals surface area contributed by atoms with Crippen molar-refractivity contribution in [1.82, 2.24) is 20.3 Å². The van der Waals surface area contributed by atoms with Gasteiger partial charge in [-0.1, -0.05) is 12.1 Å². The number of alkyl halides is 2. The predicted molar refractivity (Wildman–Crippen MR) is 126 cm³/mol. The van der Waals surface area contributed by atoms with E-state index in [-0.39, 0.29) is 31.1 Å². The lowest BCUT2D eigenvalue weighted by Gasteiger charge is -2.18. The Hall–Kier alpha value is -3.34. The number of nitrogens with one attached hydrogen (secondary N) is 1. The zero-order chi connectivity index (χ0) is 24.4. The van der Waals surface area contributed by atoms with Gasteiger partial charge in [0.2, 0.25) is 5.95 Å². The summed E-state index contributed by atoms with van der Waals surface area (Å²) in [6.45, 7) is 3.29. The number of nitrogens with zero attached hydrogens (tertiary/aromatic N) is 4. The molecule has 3 atom stereocenters. The monoisotopic (exact) mass is 501 g/mol. The number of ether oxygens (including phenoxy) is 2. The van der Waals surface area contributed by atoms with Crippen LogP contribution in [-0.2, 0) is 0 Å². The van der Waals surface area contributed by atoms with Crippen LogP contribution in [0.25, 0.3) is 0 Å². The fourth-order valence-corrected chi connectivity index (χ4v) is 4.43. The molecule has 1 unspecified atom stereocenters. The number of hydrogen-bond donors (Lipinski definition) is 1. The largest absolute Gasteiger partial charge is 0.490 e. The molecule has 3 heterocycles. The molecule has 184 valence electrons. The Balaban J connectivity index is 1.09. The van der Waals surface area contributed by atoms with Gasteiger partial charge in [-0.2, -0.15) is 0 Å². The molecule has 1 N–H and O–H groups in total. The van der Waals surface area contributed by atoms with Gasteiger partial charge in [-0.25, -0.2) is 18.7 Å². The molecule has 3 aromatic rings.